The predicted octanol–water partition coefficient (Wildman–Crippen LogP) is 0.164. The van der Waals surface area contributed by atoms with Gasteiger partial charge in [-0.3, -0.25) is 9.59 Å². The average molecular weight is 240 g/mol. The number of amides is 1. The van der Waals surface area contributed by atoms with E-state index in [2.05, 4.69) is 5.32 Å². The Morgan fingerprint density at radius 1 is 1.41 bits per heavy atom. The van der Waals surface area contributed by atoms with Gasteiger partial charge in [0, 0.05) is 25.0 Å². The van der Waals surface area contributed by atoms with Crippen molar-refractivity contribution in [3.05, 3.63) is 0 Å². The molecule has 0 aromatic heterocycles. The van der Waals surface area contributed by atoms with Crippen LogP contribution in [0.15, 0.2) is 0 Å². The zero-order valence-corrected chi connectivity index (χ0v) is 10.3. The summed E-state index contributed by atoms with van der Waals surface area (Å²) in [5, 5.41) is 12.1. The molecule has 2 aliphatic rings. The summed E-state index contributed by atoms with van der Waals surface area (Å²) in [5.74, 6) is -0.718. The van der Waals surface area contributed by atoms with Gasteiger partial charge in [0.1, 0.15) is 0 Å². The molecule has 5 nitrogen and oxygen atoms in total. The molecule has 96 valence electrons. The van der Waals surface area contributed by atoms with Crippen molar-refractivity contribution in [3.63, 3.8) is 0 Å². The monoisotopic (exact) mass is 240 g/mol. The SMILES string of the molecule is CC1NCCC1C(=O)N1CC(C(C)C(=O)O)C1. The molecule has 2 aliphatic heterocycles. The molecule has 5 heteroatoms. The normalized spacial score (nSPS) is 31.1. The highest BCUT2D eigenvalue weighted by Crippen LogP contribution is 2.28. The fourth-order valence-corrected chi connectivity index (χ4v) is 2.64. The molecule has 2 fully saturated rings. The molecule has 0 aromatic rings. The molecule has 0 radical (unpaired) electrons. The first-order valence-corrected chi connectivity index (χ1v) is 6.25. The molecule has 2 saturated heterocycles. The smallest absolute Gasteiger partial charge is 0.306 e. The van der Waals surface area contributed by atoms with Crippen LogP contribution in [0.5, 0.6) is 0 Å². The Hall–Kier alpha value is -1.10. The van der Waals surface area contributed by atoms with Crippen molar-refractivity contribution in [2.24, 2.45) is 17.8 Å². The lowest BCUT2D eigenvalue weighted by Crippen LogP contribution is -2.56. The van der Waals surface area contributed by atoms with Crippen LogP contribution in [-0.4, -0.2) is 47.6 Å². The molecule has 1 amide bonds. The Labute approximate surface area is 101 Å². The molecule has 3 atom stereocenters. The number of nitrogens with zero attached hydrogens (tertiary/aromatic N) is 1. The van der Waals surface area contributed by atoms with E-state index in [4.69, 9.17) is 5.11 Å². The molecule has 0 spiro atoms. The van der Waals surface area contributed by atoms with E-state index in [0.29, 0.717) is 13.1 Å². The van der Waals surface area contributed by atoms with Crippen molar-refractivity contribution in [1.29, 1.82) is 0 Å². The van der Waals surface area contributed by atoms with Crippen LogP contribution in [0.3, 0.4) is 0 Å². The Morgan fingerprint density at radius 2 is 2.06 bits per heavy atom. The second-order valence-corrected chi connectivity index (χ2v) is 5.27. The molecule has 17 heavy (non-hydrogen) atoms. The molecule has 0 aliphatic carbocycles. The number of carbonyl (C=O) groups is 2. The number of hydrogen-bond acceptors (Lipinski definition) is 3. The number of carboxylic acid groups (broad SMARTS) is 1. The Kier molecular flexibility index (Phi) is 3.38. The minimum absolute atomic E-state index is 0.0797. The summed E-state index contributed by atoms with van der Waals surface area (Å²) in [6.45, 7) is 5.87. The second kappa shape index (κ2) is 4.64. The third-order valence-corrected chi connectivity index (χ3v) is 4.16. The number of carbonyl (C=O) groups excluding carboxylic acids is 1. The number of rotatable bonds is 3. The zero-order chi connectivity index (χ0) is 12.6. The number of likely N-dealkylation sites (tertiary alicyclic amines) is 1. The highest BCUT2D eigenvalue weighted by atomic mass is 16.4. The van der Waals surface area contributed by atoms with Crippen molar-refractivity contribution in [2.45, 2.75) is 26.3 Å². The van der Waals surface area contributed by atoms with Crippen LogP contribution < -0.4 is 5.32 Å². The van der Waals surface area contributed by atoms with Crippen LogP contribution in [0.25, 0.3) is 0 Å². The highest BCUT2D eigenvalue weighted by Gasteiger charge is 2.41. The van der Waals surface area contributed by atoms with Crippen LogP contribution in [0.4, 0.5) is 0 Å². The number of hydrogen-bond donors (Lipinski definition) is 2. The van der Waals surface area contributed by atoms with Gasteiger partial charge < -0.3 is 15.3 Å². The number of nitrogens with one attached hydrogen (secondary N) is 1. The molecular weight excluding hydrogens is 220 g/mol. The molecule has 2 heterocycles. The highest BCUT2D eigenvalue weighted by molar-refractivity contribution is 5.81. The third kappa shape index (κ3) is 2.29. The fourth-order valence-electron chi connectivity index (χ4n) is 2.64. The van der Waals surface area contributed by atoms with Gasteiger partial charge in [0.25, 0.3) is 0 Å². The quantitative estimate of drug-likeness (QED) is 0.737. The average Bonchev–Trinajstić information content (AvgIpc) is 2.61. The lowest BCUT2D eigenvalue weighted by atomic mass is 9.85. The first-order valence-electron chi connectivity index (χ1n) is 6.25. The summed E-state index contributed by atoms with van der Waals surface area (Å²) >= 11 is 0. The van der Waals surface area contributed by atoms with Gasteiger partial charge >= 0.3 is 5.97 Å². The van der Waals surface area contributed by atoms with Gasteiger partial charge in [-0.25, -0.2) is 0 Å². The van der Waals surface area contributed by atoms with Crippen LogP contribution in [0.1, 0.15) is 20.3 Å². The number of carboxylic acids is 1. The van der Waals surface area contributed by atoms with Gasteiger partial charge in [-0.1, -0.05) is 6.92 Å². The summed E-state index contributed by atoms with van der Waals surface area (Å²) in [6.07, 6.45) is 0.898. The summed E-state index contributed by atoms with van der Waals surface area (Å²) in [6, 6.07) is 0.249. The zero-order valence-electron chi connectivity index (χ0n) is 10.3. The summed E-state index contributed by atoms with van der Waals surface area (Å²) in [4.78, 5) is 24.7. The van der Waals surface area contributed by atoms with E-state index >= 15 is 0 Å². The van der Waals surface area contributed by atoms with Crippen LogP contribution in [0.2, 0.25) is 0 Å². The van der Waals surface area contributed by atoms with Gasteiger partial charge in [-0.2, -0.15) is 0 Å². The Bertz CT molecular complexity index is 326. The first kappa shape index (κ1) is 12.4. The minimum Gasteiger partial charge on any atom is -0.481 e. The van der Waals surface area contributed by atoms with Gasteiger partial charge in [0.05, 0.1) is 11.8 Å². The lowest BCUT2D eigenvalue weighted by Gasteiger charge is -2.42. The van der Waals surface area contributed by atoms with Crippen LogP contribution in [-0.2, 0) is 9.59 Å². The summed E-state index contributed by atoms with van der Waals surface area (Å²) in [7, 11) is 0. The maximum absolute atomic E-state index is 12.1. The van der Waals surface area contributed by atoms with Gasteiger partial charge in [0.15, 0.2) is 0 Å². The van der Waals surface area contributed by atoms with E-state index in [-0.39, 0.29) is 29.7 Å². The standard InChI is InChI=1S/C12H20N2O3/c1-7(12(16)17)9-5-14(6-9)11(15)10-3-4-13-8(10)2/h7-10,13H,3-6H2,1-2H3,(H,16,17). The Morgan fingerprint density at radius 3 is 2.53 bits per heavy atom. The van der Waals surface area contributed by atoms with Crippen LogP contribution >= 0.6 is 0 Å². The van der Waals surface area contributed by atoms with E-state index in [1.165, 1.54) is 0 Å². The van der Waals surface area contributed by atoms with Crippen molar-refractivity contribution >= 4 is 11.9 Å². The van der Waals surface area contributed by atoms with E-state index in [1.54, 1.807) is 11.8 Å². The van der Waals surface area contributed by atoms with E-state index in [9.17, 15) is 9.59 Å². The largest absolute Gasteiger partial charge is 0.481 e. The first-order chi connectivity index (χ1) is 8.00. The van der Waals surface area contributed by atoms with E-state index in [0.717, 1.165) is 13.0 Å². The summed E-state index contributed by atoms with van der Waals surface area (Å²) in [5.41, 5.74) is 0. The molecule has 3 unspecified atom stereocenters. The molecule has 0 bridgehead atoms. The van der Waals surface area contributed by atoms with Crippen molar-refractivity contribution in [2.75, 3.05) is 19.6 Å². The van der Waals surface area contributed by atoms with Crippen molar-refractivity contribution < 1.29 is 14.7 Å². The van der Waals surface area contributed by atoms with Gasteiger partial charge in [-0.15, -0.1) is 0 Å². The van der Waals surface area contributed by atoms with E-state index < -0.39 is 5.97 Å². The fraction of sp³-hybridized carbons (Fsp3) is 0.833. The van der Waals surface area contributed by atoms with Crippen LogP contribution in [0, 0.1) is 17.8 Å². The maximum Gasteiger partial charge on any atom is 0.306 e. The van der Waals surface area contributed by atoms with Crippen molar-refractivity contribution in [1.82, 2.24) is 10.2 Å². The third-order valence-electron chi connectivity index (χ3n) is 4.16. The lowest BCUT2D eigenvalue weighted by molar-refractivity contribution is -0.152. The Balaban J connectivity index is 1.83. The predicted molar refractivity (Wildman–Crippen MR) is 62.4 cm³/mol. The molecular formula is C12H20N2O3. The molecule has 2 rings (SSSR count). The number of aliphatic carboxylic acids is 1. The van der Waals surface area contributed by atoms with Gasteiger partial charge in [0.2, 0.25) is 5.91 Å². The second-order valence-electron chi connectivity index (χ2n) is 5.27. The minimum atomic E-state index is -0.766. The molecule has 0 aromatic carbocycles. The molecule has 2 N–H and O–H groups in total. The van der Waals surface area contributed by atoms with Crippen molar-refractivity contribution in [3.8, 4) is 0 Å². The van der Waals surface area contributed by atoms with Gasteiger partial charge in [-0.05, 0) is 19.9 Å². The molecule has 0 saturated carbocycles. The summed E-state index contributed by atoms with van der Waals surface area (Å²) < 4.78 is 0. The maximum atomic E-state index is 12.1. The topological polar surface area (TPSA) is 69.6 Å². The van der Waals surface area contributed by atoms with E-state index in [1.807, 2.05) is 6.92 Å².